The first-order valence-corrected chi connectivity index (χ1v) is 11.4. The molecule has 0 aliphatic carbocycles. The van der Waals surface area contributed by atoms with Crippen molar-refractivity contribution in [3.05, 3.63) is 42.0 Å². The van der Waals surface area contributed by atoms with E-state index in [0.717, 1.165) is 34.9 Å². The number of benzene rings is 2. The Bertz CT molecular complexity index is 1020. The number of ether oxygens (including phenoxy) is 1. The molecular weight excluding hydrogens is 406 g/mol. The highest BCUT2D eigenvalue weighted by Gasteiger charge is 2.38. The van der Waals surface area contributed by atoms with Crippen LogP contribution in [0.2, 0.25) is 0 Å². The lowest BCUT2D eigenvalue weighted by molar-refractivity contribution is -0.129. The van der Waals surface area contributed by atoms with Gasteiger partial charge in [-0.2, -0.15) is 0 Å². The van der Waals surface area contributed by atoms with E-state index in [1.807, 2.05) is 30.3 Å². The molecule has 7 heteroatoms. The first-order chi connectivity index (χ1) is 15.5. The second kappa shape index (κ2) is 9.59. The standard InChI is InChI=1S/C25H31N3O4/c1-32-21-10-9-17(18-6-2-3-7-19(18)21)16-25(14-12-23(30)28-25)13-11-22(29)27-20-8-4-5-15-26-24(20)31/h2-3,6-7,9-10,20H,4-5,8,11-16H2,1H3,(H,26,31)(H,27,29)(H,28,30)/t20-,25+/m0/s1. The van der Waals surface area contributed by atoms with Crippen molar-refractivity contribution in [3.63, 3.8) is 0 Å². The third kappa shape index (κ3) is 4.87. The zero-order valence-electron chi connectivity index (χ0n) is 18.5. The van der Waals surface area contributed by atoms with Crippen molar-refractivity contribution < 1.29 is 19.1 Å². The van der Waals surface area contributed by atoms with Crippen molar-refractivity contribution in [2.24, 2.45) is 0 Å². The summed E-state index contributed by atoms with van der Waals surface area (Å²) >= 11 is 0. The van der Waals surface area contributed by atoms with Gasteiger partial charge in [0.25, 0.3) is 0 Å². The van der Waals surface area contributed by atoms with Crippen LogP contribution in [0.5, 0.6) is 5.75 Å². The van der Waals surface area contributed by atoms with Gasteiger partial charge in [0.05, 0.1) is 7.11 Å². The number of fused-ring (bicyclic) bond motifs is 1. The van der Waals surface area contributed by atoms with Gasteiger partial charge in [-0.15, -0.1) is 0 Å². The maximum Gasteiger partial charge on any atom is 0.242 e. The van der Waals surface area contributed by atoms with E-state index in [1.165, 1.54) is 0 Å². The van der Waals surface area contributed by atoms with Crippen LogP contribution in [-0.4, -0.2) is 43.0 Å². The summed E-state index contributed by atoms with van der Waals surface area (Å²) in [5.74, 6) is 0.581. The van der Waals surface area contributed by atoms with Gasteiger partial charge < -0.3 is 20.7 Å². The monoisotopic (exact) mass is 437 g/mol. The molecule has 0 unspecified atom stereocenters. The number of rotatable bonds is 7. The molecule has 2 aliphatic heterocycles. The summed E-state index contributed by atoms with van der Waals surface area (Å²) in [4.78, 5) is 37.0. The molecule has 32 heavy (non-hydrogen) atoms. The molecule has 3 N–H and O–H groups in total. The van der Waals surface area contributed by atoms with Gasteiger partial charge in [-0.25, -0.2) is 0 Å². The second-order valence-corrected chi connectivity index (χ2v) is 8.88. The van der Waals surface area contributed by atoms with Crippen molar-refractivity contribution in [1.29, 1.82) is 0 Å². The van der Waals surface area contributed by atoms with Crippen LogP contribution in [-0.2, 0) is 20.8 Å². The predicted octanol–water partition coefficient (Wildman–Crippen LogP) is 2.60. The molecule has 4 rings (SSSR count). The molecule has 0 aromatic heterocycles. The van der Waals surface area contributed by atoms with E-state index in [1.54, 1.807) is 7.11 Å². The van der Waals surface area contributed by atoms with Crippen molar-refractivity contribution in [2.45, 2.75) is 62.9 Å². The molecule has 2 aliphatic rings. The molecule has 2 heterocycles. The van der Waals surface area contributed by atoms with Crippen LogP contribution in [0.4, 0.5) is 0 Å². The van der Waals surface area contributed by atoms with Crippen molar-refractivity contribution in [2.75, 3.05) is 13.7 Å². The van der Waals surface area contributed by atoms with Gasteiger partial charge in [0.1, 0.15) is 11.8 Å². The largest absolute Gasteiger partial charge is 0.496 e. The number of carbonyl (C=O) groups excluding carboxylic acids is 3. The third-order valence-electron chi connectivity index (χ3n) is 6.66. The van der Waals surface area contributed by atoms with Gasteiger partial charge in [0, 0.05) is 30.3 Å². The number of nitrogens with one attached hydrogen (secondary N) is 3. The molecule has 2 atom stereocenters. The molecule has 0 saturated carbocycles. The number of hydrogen-bond donors (Lipinski definition) is 3. The van der Waals surface area contributed by atoms with Gasteiger partial charge in [-0.1, -0.05) is 30.3 Å². The van der Waals surface area contributed by atoms with E-state index in [-0.39, 0.29) is 24.1 Å². The van der Waals surface area contributed by atoms with Crippen LogP contribution in [0.3, 0.4) is 0 Å². The van der Waals surface area contributed by atoms with E-state index in [2.05, 4.69) is 22.0 Å². The number of carbonyl (C=O) groups is 3. The lowest BCUT2D eigenvalue weighted by atomic mass is 9.83. The minimum atomic E-state index is -0.475. The van der Waals surface area contributed by atoms with Gasteiger partial charge in [-0.05, 0) is 55.5 Å². The smallest absolute Gasteiger partial charge is 0.242 e. The Balaban J connectivity index is 1.49. The Hall–Kier alpha value is -3.09. The minimum absolute atomic E-state index is 0.0198. The summed E-state index contributed by atoms with van der Waals surface area (Å²) in [6.45, 7) is 0.663. The van der Waals surface area contributed by atoms with Crippen molar-refractivity contribution in [1.82, 2.24) is 16.0 Å². The van der Waals surface area contributed by atoms with Crippen LogP contribution in [0.1, 0.15) is 50.5 Å². The summed E-state index contributed by atoms with van der Waals surface area (Å²) < 4.78 is 5.51. The fourth-order valence-corrected chi connectivity index (χ4v) is 4.91. The zero-order chi connectivity index (χ0) is 22.6. The van der Waals surface area contributed by atoms with E-state index < -0.39 is 11.6 Å². The fraction of sp³-hybridized carbons (Fsp3) is 0.480. The molecule has 2 aromatic rings. The topological polar surface area (TPSA) is 96.5 Å². The Morgan fingerprint density at radius 3 is 2.72 bits per heavy atom. The van der Waals surface area contributed by atoms with E-state index in [4.69, 9.17) is 4.74 Å². The molecule has 2 saturated heterocycles. The van der Waals surface area contributed by atoms with E-state index in [0.29, 0.717) is 38.6 Å². The Kier molecular flexibility index (Phi) is 6.63. The van der Waals surface area contributed by atoms with Crippen LogP contribution >= 0.6 is 0 Å². The molecule has 3 amide bonds. The maximum absolute atomic E-state index is 12.7. The lowest BCUT2D eigenvalue weighted by Crippen LogP contribution is -2.47. The summed E-state index contributed by atoms with van der Waals surface area (Å²) in [5, 5.41) is 11.0. The van der Waals surface area contributed by atoms with Gasteiger partial charge >= 0.3 is 0 Å². The Labute approximate surface area is 188 Å². The number of hydrogen-bond acceptors (Lipinski definition) is 4. The molecule has 170 valence electrons. The van der Waals surface area contributed by atoms with Crippen LogP contribution < -0.4 is 20.7 Å². The van der Waals surface area contributed by atoms with Crippen LogP contribution in [0.15, 0.2) is 36.4 Å². The Morgan fingerprint density at radius 2 is 1.97 bits per heavy atom. The molecule has 0 bridgehead atoms. The molecular formula is C25H31N3O4. The lowest BCUT2D eigenvalue weighted by Gasteiger charge is -2.30. The van der Waals surface area contributed by atoms with Gasteiger partial charge in [-0.3, -0.25) is 14.4 Å². The van der Waals surface area contributed by atoms with Crippen molar-refractivity contribution in [3.8, 4) is 5.75 Å². The second-order valence-electron chi connectivity index (χ2n) is 8.88. The summed E-state index contributed by atoms with van der Waals surface area (Å²) in [5.41, 5.74) is 0.643. The third-order valence-corrected chi connectivity index (χ3v) is 6.66. The van der Waals surface area contributed by atoms with Crippen molar-refractivity contribution >= 4 is 28.5 Å². The predicted molar refractivity (Wildman–Crippen MR) is 122 cm³/mol. The summed E-state index contributed by atoms with van der Waals surface area (Å²) in [7, 11) is 1.66. The minimum Gasteiger partial charge on any atom is -0.496 e. The number of amides is 3. The molecule has 2 aromatic carbocycles. The zero-order valence-corrected chi connectivity index (χ0v) is 18.5. The van der Waals surface area contributed by atoms with Crippen LogP contribution in [0.25, 0.3) is 10.8 Å². The highest BCUT2D eigenvalue weighted by atomic mass is 16.5. The van der Waals surface area contributed by atoms with E-state index >= 15 is 0 Å². The first kappa shape index (κ1) is 22.1. The normalized spacial score (nSPS) is 23.3. The Morgan fingerprint density at radius 1 is 1.16 bits per heavy atom. The fourth-order valence-electron chi connectivity index (χ4n) is 4.91. The quantitative estimate of drug-likeness (QED) is 0.620. The summed E-state index contributed by atoms with van der Waals surface area (Å²) in [6, 6.07) is 11.6. The molecule has 7 nitrogen and oxygen atoms in total. The highest BCUT2D eigenvalue weighted by Crippen LogP contribution is 2.34. The highest BCUT2D eigenvalue weighted by molar-refractivity contribution is 5.91. The average Bonchev–Trinajstić information content (AvgIpc) is 3.05. The molecule has 0 spiro atoms. The van der Waals surface area contributed by atoms with Gasteiger partial charge in [0.2, 0.25) is 17.7 Å². The van der Waals surface area contributed by atoms with E-state index in [9.17, 15) is 14.4 Å². The average molecular weight is 438 g/mol. The SMILES string of the molecule is COc1ccc(C[C@@]2(CCC(=O)N[C@H]3CCCCNC3=O)CCC(=O)N2)c2ccccc12. The molecule has 2 fully saturated rings. The first-order valence-electron chi connectivity index (χ1n) is 11.4. The maximum atomic E-state index is 12.7. The van der Waals surface area contributed by atoms with Crippen LogP contribution in [0, 0.1) is 0 Å². The van der Waals surface area contributed by atoms with Gasteiger partial charge in [0.15, 0.2) is 0 Å². The number of methoxy groups -OCH3 is 1. The molecule has 0 radical (unpaired) electrons. The summed E-state index contributed by atoms with van der Waals surface area (Å²) in [6.07, 6.45) is 5.08.